The zero-order valence-corrected chi connectivity index (χ0v) is 12.8. The molecule has 0 spiro atoms. The zero-order chi connectivity index (χ0) is 13.2. The number of hydrogen-bond donors (Lipinski definition) is 0. The summed E-state index contributed by atoms with van der Waals surface area (Å²) in [7, 11) is 0. The van der Waals surface area contributed by atoms with Crippen LogP contribution in [0.5, 0.6) is 0 Å². The minimum atomic E-state index is -0.196. The third kappa shape index (κ3) is 3.15. The highest BCUT2D eigenvalue weighted by Gasteiger charge is 2.18. The van der Waals surface area contributed by atoms with Gasteiger partial charge in [-0.25, -0.2) is 4.39 Å². The lowest BCUT2D eigenvalue weighted by molar-refractivity contribution is 0.627. The first-order valence-electron chi connectivity index (χ1n) is 6.30. The maximum absolute atomic E-state index is 12.9. The minimum Gasteiger partial charge on any atom is -0.207 e. The molecule has 0 fully saturated rings. The molecule has 0 aliphatic carbocycles. The van der Waals surface area contributed by atoms with E-state index in [4.69, 9.17) is 11.6 Å². The van der Waals surface area contributed by atoms with Gasteiger partial charge >= 0.3 is 0 Å². The van der Waals surface area contributed by atoms with E-state index in [-0.39, 0.29) is 11.2 Å². The number of alkyl halides is 1. The summed E-state index contributed by atoms with van der Waals surface area (Å²) in [5.41, 5.74) is 2.54. The molecule has 0 nitrogen and oxygen atoms in total. The van der Waals surface area contributed by atoms with Crippen molar-refractivity contribution >= 4 is 34.7 Å². The van der Waals surface area contributed by atoms with Crippen LogP contribution in [0.4, 0.5) is 4.39 Å². The summed E-state index contributed by atoms with van der Waals surface area (Å²) in [6, 6.07) is 8.87. The van der Waals surface area contributed by atoms with Gasteiger partial charge in [0.15, 0.2) is 0 Å². The predicted molar refractivity (Wildman–Crippen MR) is 82.9 cm³/mol. The monoisotopic (exact) mass is 312 g/mol. The van der Waals surface area contributed by atoms with Crippen LogP contribution in [0.25, 0.3) is 0 Å². The molecule has 2 aromatic rings. The van der Waals surface area contributed by atoms with E-state index in [0.717, 1.165) is 17.7 Å². The standard InChI is InChI=1S/C15H14ClFS2/c16-13(7-10-1-3-12(17)4-2-10)15-8-11-9-18-6-5-14(11)19-15/h1-4,8,13H,5-7,9H2. The minimum absolute atomic E-state index is 0.00828. The molecule has 2 heterocycles. The zero-order valence-electron chi connectivity index (χ0n) is 10.4. The van der Waals surface area contributed by atoms with Gasteiger partial charge in [-0.1, -0.05) is 12.1 Å². The third-order valence-electron chi connectivity index (χ3n) is 3.28. The molecule has 19 heavy (non-hydrogen) atoms. The molecule has 1 atom stereocenters. The Hall–Kier alpha value is -0.510. The molecule has 1 aromatic carbocycles. The highest BCUT2D eigenvalue weighted by molar-refractivity contribution is 7.98. The molecule has 0 bridgehead atoms. The normalized spacial score (nSPS) is 16.1. The van der Waals surface area contributed by atoms with Crippen LogP contribution in [-0.4, -0.2) is 5.75 Å². The summed E-state index contributed by atoms with van der Waals surface area (Å²) in [6.45, 7) is 0. The Bertz CT molecular complexity index is 539. The van der Waals surface area contributed by atoms with E-state index < -0.39 is 0 Å². The molecule has 0 N–H and O–H groups in total. The molecule has 100 valence electrons. The fourth-order valence-electron chi connectivity index (χ4n) is 2.25. The van der Waals surface area contributed by atoms with Crippen LogP contribution in [0.2, 0.25) is 0 Å². The fraction of sp³-hybridized carbons (Fsp3) is 0.333. The Morgan fingerprint density at radius 3 is 2.79 bits per heavy atom. The third-order valence-corrected chi connectivity index (χ3v) is 6.16. The first-order chi connectivity index (χ1) is 9.22. The van der Waals surface area contributed by atoms with Crippen molar-refractivity contribution in [1.29, 1.82) is 0 Å². The van der Waals surface area contributed by atoms with E-state index >= 15 is 0 Å². The molecule has 1 unspecified atom stereocenters. The Balaban J connectivity index is 1.74. The van der Waals surface area contributed by atoms with Gasteiger partial charge in [-0.3, -0.25) is 0 Å². The fourth-order valence-corrected chi connectivity index (χ4v) is 4.98. The van der Waals surface area contributed by atoms with Gasteiger partial charge < -0.3 is 0 Å². The molecule has 4 heteroatoms. The Kier molecular flexibility index (Phi) is 4.15. The topological polar surface area (TPSA) is 0 Å². The second-order valence-corrected chi connectivity index (χ2v) is 7.50. The summed E-state index contributed by atoms with van der Waals surface area (Å²) < 4.78 is 12.9. The highest BCUT2D eigenvalue weighted by atomic mass is 35.5. The number of fused-ring (bicyclic) bond motifs is 1. The van der Waals surface area contributed by atoms with Crippen LogP contribution in [0, 0.1) is 5.82 Å². The molecule has 3 rings (SSSR count). The number of thiophene rings is 1. The van der Waals surface area contributed by atoms with E-state index in [1.165, 1.54) is 39.6 Å². The van der Waals surface area contributed by atoms with Gasteiger partial charge in [-0.2, -0.15) is 11.8 Å². The quantitative estimate of drug-likeness (QED) is 0.702. The lowest BCUT2D eigenvalue weighted by Gasteiger charge is -2.08. The molecule has 0 amide bonds. The summed E-state index contributed by atoms with van der Waals surface area (Å²) in [6.07, 6.45) is 1.93. The second-order valence-electron chi connectivity index (χ2n) is 4.70. The number of rotatable bonds is 3. The summed E-state index contributed by atoms with van der Waals surface area (Å²) >= 11 is 10.3. The molecule has 1 aromatic heterocycles. The predicted octanol–water partition coefficient (Wildman–Crippen LogP) is 5.20. The average Bonchev–Trinajstić information content (AvgIpc) is 2.85. The summed E-state index contributed by atoms with van der Waals surface area (Å²) in [5, 5.41) is -0.00828. The van der Waals surface area contributed by atoms with Gasteiger partial charge in [0.2, 0.25) is 0 Å². The Morgan fingerprint density at radius 2 is 2.05 bits per heavy atom. The van der Waals surface area contributed by atoms with Crippen LogP contribution in [0.3, 0.4) is 0 Å². The smallest absolute Gasteiger partial charge is 0.123 e. The van der Waals surface area contributed by atoms with Gasteiger partial charge in [-0.15, -0.1) is 22.9 Å². The van der Waals surface area contributed by atoms with E-state index in [0.29, 0.717) is 0 Å². The second kappa shape index (κ2) is 5.86. The number of hydrogen-bond acceptors (Lipinski definition) is 2. The SMILES string of the molecule is Fc1ccc(CC(Cl)c2cc3c(s2)CCSC3)cc1. The first-order valence-corrected chi connectivity index (χ1v) is 8.71. The van der Waals surface area contributed by atoms with Crippen molar-refractivity contribution < 1.29 is 4.39 Å². The van der Waals surface area contributed by atoms with Crippen LogP contribution < -0.4 is 0 Å². The van der Waals surface area contributed by atoms with Crippen LogP contribution in [0.15, 0.2) is 30.3 Å². The highest BCUT2D eigenvalue weighted by Crippen LogP contribution is 2.37. The van der Waals surface area contributed by atoms with Crippen molar-refractivity contribution in [2.75, 3.05) is 5.75 Å². The molecule has 0 saturated carbocycles. The molecule has 0 radical (unpaired) electrons. The molecule has 1 aliphatic rings. The van der Waals surface area contributed by atoms with E-state index in [1.54, 1.807) is 0 Å². The largest absolute Gasteiger partial charge is 0.207 e. The van der Waals surface area contributed by atoms with E-state index in [1.807, 2.05) is 35.2 Å². The van der Waals surface area contributed by atoms with Crippen molar-refractivity contribution in [3.05, 3.63) is 57.0 Å². The van der Waals surface area contributed by atoms with Crippen molar-refractivity contribution in [3.63, 3.8) is 0 Å². The van der Waals surface area contributed by atoms with Gasteiger partial charge in [0, 0.05) is 15.5 Å². The molecule has 0 saturated heterocycles. The average molecular weight is 313 g/mol. The maximum atomic E-state index is 12.9. The number of aryl methyl sites for hydroxylation is 1. The number of thioether (sulfide) groups is 1. The van der Waals surface area contributed by atoms with Crippen LogP contribution >= 0.6 is 34.7 Å². The maximum Gasteiger partial charge on any atom is 0.123 e. The van der Waals surface area contributed by atoms with Gasteiger partial charge in [0.1, 0.15) is 5.82 Å². The van der Waals surface area contributed by atoms with E-state index in [2.05, 4.69) is 6.07 Å². The van der Waals surface area contributed by atoms with Gasteiger partial charge in [-0.05, 0) is 47.9 Å². The van der Waals surface area contributed by atoms with Crippen molar-refractivity contribution in [2.24, 2.45) is 0 Å². The van der Waals surface area contributed by atoms with Crippen molar-refractivity contribution in [1.82, 2.24) is 0 Å². The lowest BCUT2D eigenvalue weighted by atomic mass is 10.1. The van der Waals surface area contributed by atoms with Gasteiger partial charge in [0.25, 0.3) is 0 Å². The van der Waals surface area contributed by atoms with Crippen LogP contribution in [0.1, 0.15) is 26.3 Å². The number of benzene rings is 1. The molecule has 1 aliphatic heterocycles. The summed E-state index contributed by atoms with van der Waals surface area (Å²) in [4.78, 5) is 2.75. The molecular formula is C15H14ClFS2. The lowest BCUT2D eigenvalue weighted by Crippen LogP contribution is -1.96. The van der Waals surface area contributed by atoms with Crippen molar-refractivity contribution in [3.8, 4) is 0 Å². The Labute approximate surface area is 126 Å². The van der Waals surface area contributed by atoms with Gasteiger partial charge in [0.05, 0.1) is 5.38 Å². The number of halogens is 2. The van der Waals surface area contributed by atoms with Crippen LogP contribution in [-0.2, 0) is 18.6 Å². The molecular weight excluding hydrogens is 299 g/mol. The van der Waals surface area contributed by atoms with E-state index in [9.17, 15) is 4.39 Å². The summed E-state index contributed by atoms with van der Waals surface area (Å²) in [5.74, 6) is 2.14. The van der Waals surface area contributed by atoms with Crippen molar-refractivity contribution in [2.45, 2.75) is 24.0 Å². The first kappa shape index (κ1) is 13.5. The Morgan fingerprint density at radius 1 is 1.26 bits per heavy atom.